The zero-order chi connectivity index (χ0) is 14.5. The third kappa shape index (κ3) is 3.89. The molecular weight excluding hydrogens is 274 g/mol. The molecule has 0 heterocycles. The van der Waals surface area contributed by atoms with Crippen LogP contribution in [0.2, 0.25) is 0 Å². The number of para-hydroxylation sites is 1. The largest absolute Gasteiger partial charge is 0.356 e. The van der Waals surface area contributed by atoms with Crippen LogP contribution < -0.4 is 5.32 Å². The predicted molar refractivity (Wildman–Crippen MR) is 91.5 cm³/mol. The van der Waals surface area contributed by atoms with Crippen molar-refractivity contribution < 1.29 is 0 Å². The molecule has 1 nitrogen and oxygen atoms in total. The minimum Gasteiger partial charge on any atom is -0.356 e. The summed E-state index contributed by atoms with van der Waals surface area (Å²) in [5.74, 6) is 0. The Kier molecular flexibility index (Phi) is 4.27. The molecule has 0 saturated carbocycles. The first-order valence-corrected chi connectivity index (χ1v) is 7.78. The minimum absolute atomic E-state index is 1.11. The minimum atomic E-state index is 1.11. The van der Waals surface area contributed by atoms with E-state index in [0.717, 1.165) is 11.4 Å². The van der Waals surface area contributed by atoms with E-state index in [2.05, 4.69) is 72.9 Å². The third-order valence-electron chi connectivity index (χ3n) is 3.17. The second-order valence-electron chi connectivity index (χ2n) is 4.93. The summed E-state index contributed by atoms with van der Waals surface area (Å²) in [6, 6.07) is 27.4. The summed E-state index contributed by atoms with van der Waals surface area (Å²) in [5, 5.41) is 3.39. The van der Waals surface area contributed by atoms with Crippen LogP contribution in [0.3, 0.4) is 0 Å². The molecular formula is C19H17NS. The Morgan fingerprint density at radius 2 is 1.14 bits per heavy atom. The molecule has 0 amide bonds. The summed E-state index contributed by atoms with van der Waals surface area (Å²) in [7, 11) is 0. The molecule has 0 aliphatic carbocycles. The van der Waals surface area contributed by atoms with Gasteiger partial charge in [0.05, 0.1) is 0 Å². The summed E-state index contributed by atoms with van der Waals surface area (Å²) in [6.07, 6.45) is 0. The van der Waals surface area contributed by atoms with E-state index in [4.69, 9.17) is 0 Å². The summed E-state index contributed by atoms with van der Waals surface area (Å²) < 4.78 is 0. The zero-order valence-corrected chi connectivity index (χ0v) is 12.7. The van der Waals surface area contributed by atoms with Crippen LogP contribution in [0.4, 0.5) is 11.4 Å². The van der Waals surface area contributed by atoms with Crippen molar-refractivity contribution in [2.75, 3.05) is 5.32 Å². The molecule has 0 aromatic heterocycles. The number of anilines is 2. The molecule has 0 saturated heterocycles. The van der Waals surface area contributed by atoms with Crippen molar-refractivity contribution >= 4 is 23.1 Å². The third-order valence-corrected chi connectivity index (χ3v) is 4.19. The van der Waals surface area contributed by atoms with Gasteiger partial charge in [0.1, 0.15) is 0 Å². The van der Waals surface area contributed by atoms with E-state index in [-0.39, 0.29) is 0 Å². The topological polar surface area (TPSA) is 12.0 Å². The lowest BCUT2D eigenvalue weighted by atomic mass is 10.2. The molecule has 0 fully saturated rings. The monoisotopic (exact) mass is 291 g/mol. The Labute approximate surface area is 130 Å². The van der Waals surface area contributed by atoms with Gasteiger partial charge in [-0.1, -0.05) is 47.7 Å². The summed E-state index contributed by atoms with van der Waals surface area (Å²) in [4.78, 5) is 2.52. The van der Waals surface area contributed by atoms with Gasteiger partial charge in [0.25, 0.3) is 0 Å². The quantitative estimate of drug-likeness (QED) is 0.643. The van der Waals surface area contributed by atoms with Crippen molar-refractivity contribution in [2.24, 2.45) is 0 Å². The fourth-order valence-electron chi connectivity index (χ4n) is 2.04. The fourth-order valence-corrected chi connectivity index (χ4v) is 2.85. The van der Waals surface area contributed by atoms with Gasteiger partial charge in [0, 0.05) is 21.2 Å². The van der Waals surface area contributed by atoms with Crippen LogP contribution in [0.1, 0.15) is 5.56 Å². The molecule has 21 heavy (non-hydrogen) atoms. The van der Waals surface area contributed by atoms with Gasteiger partial charge in [-0.2, -0.15) is 0 Å². The summed E-state index contributed by atoms with van der Waals surface area (Å²) in [6.45, 7) is 2.11. The van der Waals surface area contributed by atoms with E-state index in [1.165, 1.54) is 15.4 Å². The average molecular weight is 291 g/mol. The van der Waals surface area contributed by atoms with E-state index in [1.807, 2.05) is 18.2 Å². The lowest BCUT2D eigenvalue weighted by Gasteiger charge is -2.07. The normalized spacial score (nSPS) is 10.3. The Balaban J connectivity index is 1.68. The van der Waals surface area contributed by atoms with Crippen molar-refractivity contribution in [1.29, 1.82) is 0 Å². The van der Waals surface area contributed by atoms with Crippen LogP contribution in [-0.4, -0.2) is 0 Å². The average Bonchev–Trinajstić information content (AvgIpc) is 2.53. The molecule has 0 radical (unpaired) electrons. The Hall–Kier alpha value is -2.19. The highest BCUT2D eigenvalue weighted by atomic mass is 32.2. The predicted octanol–water partition coefficient (Wildman–Crippen LogP) is 5.89. The maximum Gasteiger partial charge on any atom is 0.0385 e. The molecule has 0 bridgehead atoms. The Bertz CT molecular complexity index is 688. The van der Waals surface area contributed by atoms with E-state index in [1.54, 1.807) is 11.8 Å². The van der Waals surface area contributed by atoms with Gasteiger partial charge in [-0.15, -0.1) is 0 Å². The maximum atomic E-state index is 3.39. The number of aryl methyl sites for hydroxylation is 1. The summed E-state index contributed by atoms with van der Waals surface area (Å²) in [5.41, 5.74) is 3.51. The number of benzene rings is 3. The number of rotatable bonds is 4. The van der Waals surface area contributed by atoms with E-state index < -0.39 is 0 Å². The molecule has 1 N–H and O–H groups in total. The van der Waals surface area contributed by atoms with Crippen LogP contribution >= 0.6 is 11.8 Å². The van der Waals surface area contributed by atoms with E-state index in [0.29, 0.717) is 0 Å². The molecule has 3 aromatic rings. The molecule has 3 aromatic carbocycles. The zero-order valence-electron chi connectivity index (χ0n) is 11.9. The second-order valence-corrected chi connectivity index (χ2v) is 6.08. The van der Waals surface area contributed by atoms with Crippen molar-refractivity contribution in [2.45, 2.75) is 16.7 Å². The van der Waals surface area contributed by atoms with Crippen molar-refractivity contribution in [3.05, 3.63) is 84.4 Å². The number of nitrogens with one attached hydrogen (secondary N) is 1. The standard InChI is InChI=1S/C19H17NS/c1-15-7-11-18(12-8-15)21-19-13-9-17(10-14-19)20-16-5-3-2-4-6-16/h2-14,20H,1H3. The van der Waals surface area contributed by atoms with Crippen LogP contribution in [0, 0.1) is 6.92 Å². The van der Waals surface area contributed by atoms with Crippen molar-refractivity contribution in [1.82, 2.24) is 0 Å². The molecule has 0 aliphatic heterocycles. The molecule has 2 heteroatoms. The lowest BCUT2D eigenvalue weighted by Crippen LogP contribution is -1.88. The molecule has 104 valence electrons. The highest BCUT2D eigenvalue weighted by Gasteiger charge is 1.98. The first-order valence-electron chi connectivity index (χ1n) is 6.96. The van der Waals surface area contributed by atoms with Gasteiger partial charge in [-0.3, -0.25) is 0 Å². The van der Waals surface area contributed by atoms with Gasteiger partial charge in [0.15, 0.2) is 0 Å². The van der Waals surface area contributed by atoms with E-state index in [9.17, 15) is 0 Å². The van der Waals surface area contributed by atoms with Crippen LogP contribution in [0.25, 0.3) is 0 Å². The smallest absolute Gasteiger partial charge is 0.0385 e. The highest BCUT2D eigenvalue weighted by molar-refractivity contribution is 7.99. The lowest BCUT2D eigenvalue weighted by molar-refractivity contribution is 1.36. The number of hydrogen-bond donors (Lipinski definition) is 1. The number of hydrogen-bond acceptors (Lipinski definition) is 2. The van der Waals surface area contributed by atoms with Crippen LogP contribution in [0.15, 0.2) is 88.7 Å². The second kappa shape index (κ2) is 6.51. The Morgan fingerprint density at radius 1 is 0.619 bits per heavy atom. The highest BCUT2D eigenvalue weighted by Crippen LogP contribution is 2.29. The van der Waals surface area contributed by atoms with E-state index >= 15 is 0 Å². The van der Waals surface area contributed by atoms with Gasteiger partial charge in [0.2, 0.25) is 0 Å². The molecule has 0 aliphatic rings. The fraction of sp³-hybridized carbons (Fsp3) is 0.0526. The summed E-state index contributed by atoms with van der Waals surface area (Å²) >= 11 is 1.78. The van der Waals surface area contributed by atoms with Crippen molar-refractivity contribution in [3.63, 3.8) is 0 Å². The molecule has 0 atom stereocenters. The van der Waals surface area contributed by atoms with Crippen LogP contribution in [-0.2, 0) is 0 Å². The van der Waals surface area contributed by atoms with Crippen LogP contribution in [0.5, 0.6) is 0 Å². The molecule has 3 rings (SSSR count). The van der Waals surface area contributed by atoms with Gasteiger partial charge in [-0.25, -0.2) is 0 Å². The maximum absolute atomic E-state index is 3.39. The first kappa shape index (κ1) is 13.8. The first-order chi connectivity index (χ1) is 10.3. The molecule has 0 unspecified atom stereocenters. The van der Waals surface area contributed by atoms with Gasteiger partial charge in [-0.05, 0) is 55.5 Å². The molecule has 0 spiro atoms. The van der Waals surface area contributed by atoms with Crippen molar-refractivity contribution in [3.8, 4) is 0 Å². The van der Waals surface area contributed by atoms with Gasteiger partial charge < -0.3 is 5.32 Å². The van der Waals surface area contributed by atoms with Gasteiger partial charge >= 0.3 is 0 Å². The Morgan fingerprint density at radius 3 is 1.76 bits per heavy atom. The SMILES string of the molecule is Cc1ccc(Sc2ccc(Nc3ccccc3)cc2)cc1.